The molecule has 0 aromatic heterocycles. The number of aliphatic hydroxyl groups is 1. The molecule has 1 atom stereocenters. The van der Waals surface area contributed by atoms with Gasteiger partial charge in [0.25, 0.3) is 0 Å². The summed E-state index contributed by atoms with van der Waals surface area (Å²) in [5.74, 6) is 0. The Labute approximate surface area is 76.4 Å². The zero-order valence-corrected chi connectivity index (χ0v) is 7.16. The number of hydrogen-bond donors (Lipinski definition) is 2. The molecule has 3 nitrogen and oxygen atoms in total. The summed E-state index contributed by atoms with van der Waals surface area (Å²) in [5.41, 5.74) is 0.255. The van der Waals surface area contributed by atoms with Gasteiger partial charge < -0.3 is 5.11 Å². The van der Waals surface area contributed by atoms with Crippen LogP contribution in [0.2, 0.25) is 0 Å². The van der Waals surface area contributed by atoms with Crippen LogP contribution in [0, 0.1) is 0 Å². The highest BCUT2D eigenvalue weighted by Crippen LogP contribution is 2.29. The lowest BCUT2D eigenvalue weighted by Gasteiger charge is -2.39. The second-order valence-corrected chi connectivity index (χ2v) is 3.24. The fraction of sp³-hybridized carbons (Fsp3) is 0.300. The van der Waals surface area contributed by atoms with Gasteiger partial charge in [-0.2, -0.15) is 0 Å². The van der Waals surface area contributed by atoms with E-state index in [1.807, 2.05) is 6.07 Å². The lowest BCUT2D eigenvalue weighted by atomic mass is 9.90. The van der Waals surface area contributed by atoms with Crippen molar-refractivity contribution in [1.82, 2.24) is 5.32 Å². The second kappa shape index (κ2) is 2.94. The predicted molar refractivity (Wildman–Crippen MR) is 48.3 cm³/mol. The largest absolute Gasteiger partial charge is 0.371 e. The van der Waals surface area contributed by atoms with E-state index in [1.54, 1.807) is 18.2 Å². The van der Waals surface area contributed by atoms with Gasteiger partial charge in [-0.25, -0.2) is 0 Å². The van der Waals surface area contributed by atoms with Gasteiger partial charge in [0.15, 0.2) is 0 Å². The number of rotatable bonds is 2. The minimum Gasteiger partial charge on any atom is -0.371 e. The molecule has 1 heterocycles. The molecule has 1 aromatic rings. The molecule has 3 heteroatoms. The van der Waals surface area contributed by atoms with Crippen molar-refractivity contribution in [2.45, 2.75) is 12.1 Å². The van der Waals surface area contributed by atoms with Gasteiger partial charge in [-0.3, -0.25) is 10.1 Å². The van der Waals surface area contributed by atoms with Crippen molar-refractivity contribution < 1.29 is 9.90 Å². The summed E-state index contributed by atoms with van der Waals surface area (Å²) in [7, 11) is 0. The molecule has 0 bridgehead atoms. The first-order valence-electron chi connectivity index (χ1n) is 4.28. The number of hydrogen-bond acceptors (Lipinski definition) is 3. The average Bonchev–Trinajstić information content (AvgIpc) is 2.14. The molecule has 0 saturated carbocycles. The molecule has 68 valence electrons. The van der Waals surface area contributed by atoms with Crippen LogP contribution in [-0.2, 0) is 5.72 Å². The fourth-order valence-electron chi connectivity index (χ4n) is 1.57. The fourth-order valence-corrected chi connectivity index (χ4v) is 1.57. The Morgan fingerprint density at radius 2 is 2.15 bits per heavy atom. The highest BCUT2D eigenvalue weighted by molar-refractivity contribution is 5.77. The topological polar surface area (TPSA) is 49.3 Å². The Hall–Kier alpha value is -1.19. The van der Waals surface area contributed by atoms with Crippen molar-refractivity contribution in [2.24, 2.45) is 0 Å². The van der Waals surface area contributed by atoms with E-state index < -0.39 is 5.72 Å². The van der Waals surface area contributed by atoms with Crippen molar-refractivity contribution in [3.8, 4) is 0 Å². The van der Waals surface area contributed by atoms with Gasteiger partial charge in [-0.05, 0) is 0 Å². The smallest absolute Gasteiger partial charge is 0.150 e. The number of aldehydes is 1. The maximum atomic E-state index is 10.7. The molecule has 0 aliphatic carbocycles. The Morgan fingerprint density at radius 3 is 2.69 bits per heavy atom. The first-order chi connectivity index (χ1) is 6.26. The third kappa shape index (κ3) is 1.26. The lowest BCUT2D eigenvalue weighted by Crippen LogP contribution is -2.54. The zero-order valence-electron chi connectivity index (χ0n) is 7.16. The van der Waals surface area contributed by atoms with Crippen molar-refractivity contribution in [3.63, 3.8) is 0 Å². The Morgan fingerprint density at radius 1 is 1.46 bits per heavy atom. The average molecular weight is 177 g/mol. The van der Waals surface area contributed by atoms with Gasteiger partial charge in [-0.15, -0.1) is 0 Å². The van der Waals surface area contributed by atoms with Gasteiger partial charge in [0.05, 0.1) is 0 Å². The van der Waals surface area contributed by atoms with Crippen LogP contribution in [0.15, 0.2) is 24.3 Å². The molecule has 1 aliphatic heterocycles. The maximum absolute atomic E-state index is 10.7. The number of carbonyl (C=O) groups is 1. The molecule has 1 aromatic carbocycles. The van der Waals surface area contributed by atoms with E-state index in [0.29, 0.717) is 17.5 Å². The lowest BCUT2D eigenvalue weighted by molar-refractivity contribution is -0.0610. The van der Waals surface area contributed by atoms with Crippen LogP contribution in [0.5, 0.6) is 0 Å². The van der Waals surface area contributed by atoms with Gasteiger partial charge in [0.1, 0.15) is 12.0 Å². The Bertz CT molecular complexity index is 331. The van der Waals surface area contributed by atoms with Gasteiger partial charge in [-0.1, -0.05) is 24.3 Å². The minimum absolute atomic E-state index is 0.553. The number of benzene rings is 1. The molecule has 0 unspecified atom stereocenters. The molecule has 1 saturated heterocycles. The highest BCUT2D eigenvalue weighted by Gasteiger charge is 2.37. The van der Waals surface area contributed by atoms with Crippen LogP contribution in [0.1, 0.15) is 22.3 Å². The molecular weight excluding hydrogens is 166 g/mol. The van der Waals surface area contributed by atoms with Crippen molar-refractivity contribution in [2.75, 3.05) is 6.54 Å². The van der Waals surface area contributed by atoms with Crippen LogP contribution in [-0.4, -0.2) is 17.9 Å². The van der Waals surface area contributed by atoms with Crippen molar-refractivity contribution in [3.05, 3.63) is 35.4 Å². The Balaban J connectivity index is 2.43. The van der Waals surface area contributed by atoms with Crippen molar-refractivity contribution in [1.29, 1.82) is 0 Å². The molecule has 0 radical (unpaired) electrons. The normalized spacial score (nSPS) is 26.5. The highest BCUT2D eigenvalue weighted by atomic mass is 16.3. The number of carbonyl (C=O) groups excluding carboxylic acids is 1. The summed E-state index contributed by atoms with van der Waals surface area (Å²) < 4.78 is 0. The van der Waals surface area contributed by atoms with Crippen LogP contribution in [0.3, 0.4) is 0 Å². The summed E-state index contributed by atoms with van der Waals surface area (Å²) in [6.07, 6.45) is 1.44. The van der Waals surface area contributed by atoms with Crippen LogP contribution >= 0.6 is 0 Å². The van der Waals surface area contributed by atoms with Gasteiger partial charge in [0, 0.05) is 24.1 Å². The summed E-state index contributed by atoms with van der Waals surface area (Å²) in [5, 5.41) is 12.8. The second-order valence-electron chi connectivity index (χ2n) is 3.24. The van der Waals surface area contributed by atoms with Crippen LogP contribution in [0.25, 0.3) is 0 Å². The Kier molecular flexibility index (Phi) is 1.90. The monoisotopic (exact) mass is 177 g/mol. The molecular formula is C10H11NO2. The van der Waals surface area contributed by atoms with Crippen LogP contribution < -0.4 is 5.32 Å². The summed E-state index contributed by atoms with van der Waals surface area (Å²) >= 11 is 0. The van der Waals surface area contributed by atoms with Gasteiger partial charge in [0.2, 0.25) is 0 Å². The van der Waals surface area contributed by atoms with E-state index in [1.165, 1.54) is 0 Å². The predicted octanol–water partition coefficient (Wildman–Crippen LogP) is 0.637. The quantitative estimate of drug-likeness (QED) is 0.652. The van der Waals surface area contributed by atoms with E-state index in [4.69, 9.17) is 0 Å². The van der Waals surface area contributed by atoms with Crippen molar-refractivity contribution >= 4 is 6.29 Å². The van der Waals surface area contributed by atoms with E-state index in [-0.39, 0.29) is 0 Å². The maximum Gasteiger partial charge on any atom is 0.150 e. The van der Waals surface area contributed by atoms with E-state index >= 15 is 0 Å². The molecule has 1 aliphatic rings. The first kappa shape index (κ1) is 8.41. The van der Waals surface area contributed by atoms with Gasteiger partial charge >= 0.3 is 0 Å². The van der Waals surface area contributed by atoms with Crippen LogP contribution in [0.4, 0.5) is 0 Å². The standard InChI is InChI=1S/C10H11NO2/c12-7-8-3-1-2-4-9(8)10(13)5-6-11-10/h1-4,7,11,13H,5-6H2/t10-/m1/s1. The molecule has 0 spiro atoms. The molecule has 13 heavy (non-hydrogen) atoms. The molecule has 0 amide bonds. The van der Waals surface area contributed by atoms with E-state index in [2.05, 4.69) is 5.32 Å². The number of nitrogens with one attached hydrogen (secondary N) is 1. The summed E-state index contributed by atoms with van der Waals surface area (Å²) in [6, 6.07) is 7.09. The summed E-state index contributed by atoms with van der Waals surface area (Å²) in [6.45, 7) is 0.795. The molecule has 2 N–H and O–H groups in total. The minimum atomic E-state index is -0.975. The molecule has 2 rings (SSSR count). The SMILES string of the molecule is O=Cc1ccccc1[C@]1(O)CCN1. The van der Waals surface area contributed by atoms with E-state index in [0.717, 1.165) is 12.8 Å². The first-order valence-corrected chi connectivity index (χ1v) is 4.28. The molecule has 1 fully saturated rings. The third-order valence-electron chi connectivity index (χ3n) is 2.44. The van der Waals surface area contributed by atoms with E-state index in [9.17, 15) is 9.90 Å². The summed E-state index contributed by atoms with van der Waals surface area (Å²) in [4.78, 5) is 10.7. The third-order valence-corrected chi connectivity index (χ3v) is 2.44. The zero-order chi connectivity index (χ0) is 9.31.